The minimum atomic E-state index is -0.316. The molecule has 0 aliphatic rings. The van der Waals surface area contributed by atoms with E-state index in [2.05, 4.69) is 36.4 Å². The van der Waals surface area contributed by atoms with Crippen molar-refractivity contribution in [1.82, 2.24) is 15.1 Å². The van der Waals surface area contributed by atoms with E-state index in [-0.39, 0.29) is 30.2 Å². The number of amides is 1. The number of carbonyl (C=O) groups is 1. The molecule has 0 spiro atoms. The summed E-state index contributed by atoms with van der Waals surface area (Å²) < 4.78 is 14.8. The van der Waals surface area contributed by atoms with Crippen LogP contribution in [0, 0.1) is 19.7 Å². The summed E-state index contributed by atoms with van der Waals surface area (Å²) in [7, 11) is 0. The van der Waals surface area contributed by atoms with Crippen LogP contribution in [0.1, 0.15) is 58.7 Å². The standard InChI is InChI=1S/C23H27FN4O.ClH/c1-14(2)17-5-7-18(8-6-17)21(25)13-26-23(29)22-15(3)27-28(16(22)4)20-11-9-19(24)10-12-20;/h5-12,14,21H,13,25H2,1-4H3,(H,26,29);1H. The first-order valence-corrected chi connectivity index (χ1v) is 9.73. The third-order valence-electron chi connectivity index (χ3n) is 5.10. The van der Waals surface area contributed by atoms with E-state index >= 15 is 0 Å². The summed E-state index contributed by atoms with van der Waals surface area (Å²) in [5.74, 6) is -0.0742. The van der Waals surface area contributed by atoms with Crippen molar-refractivity contribution in [3.05, 3.63) is 82.4 Å². The molecule has 7 heteroatoms. The molecule has 0 aliphatic heterocycles. The number of hydrogen-bond acceptors (Lipinski definition) is 3. The lowest BCUT2D eigenvalue weighted by Crippen LogP contribution is -2.32. The van der Waals surface area contributed by atoms with Crippen molar-refractivity contribution in [2.24, 2.45) is 5.73 Å². The van der Waals surface area contributed by atoms with Crippen molar-refractivity contribution in [1.29, 1.82) is 0 Å². The quantitative estimate of drug-likeness (QED) is 0.600. The van der Waals surface area contributed by atoms with Crippen LogP contribution in [0.15, 0.2) is 48.5 Å². The lowest BCUT2D eigenvalue weighted by Gasteiger charge is -2.15. The van der Waals surface area contributed by atoms with Crippen LogP contribution in [0.5, 0.6) is 0 Å². The van der Waals surface area contributed by atoms with Crippen molar-refractivity contribution in [2.45, 2.75) is 39.7 Å². The molecule has 0 saturated carbocycles. The molecular formula is C23H28ClFN4O. The molecule has 160 valence electrons. The molecule has 3 N–H and O–H groups in total. The summed E-state index contributed by atoms with van der Waals surface area (Å²) >= 11 is 0. The van der Waals surface area contributed by atoms with Gasteiger partial charge in [-0.25, -0.2) is 9.07 Å². The fourth-order valence-corrected chi connectivity index (χ4v) is 3.34. The summed E-state index contributed by atoms with van der Waals surface area (Å²) in [4.78, 5) is 12.8. The van der Waals surface area contributed by atoms with Crippen LogP contribution in [-0.2, 0) is 0 Å². The Morgan fingerprint density at radius 2 is 1.63 bits per heavy atom. The zero-order chi connectivity index (χ0) is 21.1. The molecule has 3 aromatic rings. The maximum atomic E-state index is 13.2. The second-order valence-electron chi connectivity index (χ2n) is 7.57. The maximum absolute atomic E-state index is 13.2. The first-order chi connectivity index (χ1) is 13.8. The number of aromatic nitrogens is 2. The van der Waals surface area contributed by atoms with E-state index in [1.165, 1.54) is 17.7 Å². The molecule has 1 aromatic heterocycles. The lowest BCUT2D eigenvalue weighted by molar-refractivity contribution is 0.0950. The zero-order valence-corrected chi connectivity index (χ0v) is 18.5. The number of hydrogen-bond donors (Lipinski definition) is 2. The topological polar surface area (TPSA) is 72.9 Å². The Hall–Kier alpha value is -2.70. The Bertz CT molecular complexity index is 997. The van der Waals surface area contributed by atoms with E-state index in [1.807, 2.05) is 19.1 Å². The molecule has 1 atom stereocenters. The number of carbonyl (C=O) groups excluding carboxylic acids is 1. The molecule has 0 aliphatic carbocycles. The molecule has 0 radical (unpaired) electrons. The van der Waals surface area contributed by atoms with Gasteiger partial charge in [0.25, 0.3) is 5.91 Å². The molecule has 5 nitrogen and oxygen atoms in total. The van der Waals surface area contributed by atoms with Crippen LogP contribution in [-0.4, -0.2) is 22.2 Å². The largest absolute Gasteiger partial charge is 0.350 e. The SMILES string of the molecule is Cc1nn(-c2ccc(F)cc2)c(C)c1C(=O)NCC(N)c1ccc(C(C)C)cc1.Cl. The number of nitrogens with zero attached hydrogens (tertiary/aromatic N) is 2. The summed E-state index contributed by atoms with van der Waals surface area (Å²) in [5, 5.41) is 7.36. The van der Waals surface area contributed by atoms with Crippen molar-refractivity contribution < 1.29 is 9.18 Å². The van der Waals surface area contributed by atoms with Gasteiger partial charge in [0.2, 0.25) is 0 Å². The summed E-state index contributed by atoms with van der Waals surface area (Å²) in [6.07, 6.45) is 0. The van der Waals surface area contributed by atoms with Gasteiger partial charge in [0.15, 0.2) is 0 Å². The van der Waals surface area contributed by atoms with Gasteiger partial charge < -0.3 is 11.1 Å². The van der Waals surface area contributed by atoms with Crippen molar-refractivity contribution in [3.63, 3.8) is 0 Å². The van der Waals surface area contributed by atoms with Crippen LogP contribution < -0.4 is 11.1 Å². The van der Waals surface area contributed by atoms with Gasteiger partial charge in [0, 0.05) is 12.6 Å². The maximum Gasteiger partial charge on any atom is 0.255 e. The summed E-state index contributed by atoms with van der Waals surface area (Å²) in [5.41, 5.74) is 11.0. The van der Waals surface area contributed by atoms with Gasteiger partial charge in [-0.3, -0.25) is 4.79 Å². The second-order valence-corrected chi connectivity index (χ2v) is 7.57. The first kappa shape index (κ1) is 23.6. The molecular weight excluding hydrogens is 403 g/mol. The highest BCUT2D eigenvalue weighted by Gasteiger charge is 2.20. The summed E-state index contributed by atoms with van der Waals surface area (Å²) in [6.45, 7) is 8.22. The van der Waals surface area contributed by atoms with Gasteiger partial charge >= 0.3 is 0 Å². The van der Waals surface area contributed by atoms with E-state index in [0.717, 1.165) is 5.56 Å². The third-order valence-corrected chi connectivity index (χ3v) is 5.10. The van der Waals surface area contributed by atoms with Crippen LogP contribution in [0.25, 0.3) is 5.69 Å². The van der Waals surface area contributed by atoms with Gasteiger partial charge in [0.05, 0.1) is 22.6 Å². The van der Waals surface area contributed by atoms with Crippen molar-refractivity contribution in [2.75, 3.05) is 6.54 Å². The van der Waals surface area contributed by atoms with E-state index < -0.39 is 0 Å². The number of rotatable bonds is 6. The van der Waals surface area contributed by atoms with Gasteiger partial charge in [0.1, 0.15) is 5.82 Å². The van der Waals surface area contributed by atoms with E-state index in [9.17, 15) is 9.18 Å². The minimum absolute atomic E-state index is 0. The Morgan fingerprint density at radius 3 is 2.20 bits per heavy atom. The van der Waals surface area contributed by atoms with Gasteiger partial charge in [-0.1, -0.05) is 38.1 Å². The smallest absolute Gasteiger partial charge is 0.255 e. The molecule has 1 unspecified atom stereocenters. The second kappa shape index (κ2) is 9.87. The number of nitrogens with two attached hydrogens (primary N) is 1. The van der Waals surface area contributed by atoms with E-state index in [4.69, 9.17) is 5.73 Å². The monoisotopic (exact) mass is 430 g/mol. The average molecular weight is 431 g/mol. The fourth-order valence-electron chi connectivity index (χ4n) is 3.34. The lowest BCUT2D eigenvalue weighted by atomic mass is 9.99. The van der Waals surface area contributed by atoms with E-state index in [0.29, 0.717) is 35.1 Å². The Labute approximate surface area is 182 Å². The molecule has 0 bridgehead atoms. The number of nitrogens with one attached hydrogen (secondary N) is 1. The minimum Gasteiger partial charge on any atom is -0.350 e. The molecule has 2 aromatic carbocycles. The molecule has 30 heavy (non-hydrogen) atoms. The first-order valence-electron chi connectivity index (χ1n) is 9.73. The highest BCUT2D eigenvalue weighted by atomic mass is 35.5. The van der Waals surface area contributed by atoms with Gasteiger partial charge in [-0.15, -0.1) is 12.4 Å². The third kappa shape index (κ3) is 5.07. The van der Waals surface area contributed by atoms with Crippen LogP contribution >= 0.6 is 12.4 Å². The normalized spacial score (nSPS) is 11.8. The molecule has 3 rings (SSSR count). The number of halogens is 2. The van der Waals surface area contributed by atoms with Gasteiger partial charge in [-0.2, -0.15) is 5.10 Å². The molecule has 1 amide bonds. The zero-order valence-electron chi connectivity index (χ0n) is 17.6. The Morgan fingerprint density at radius 1 is 1.07 bits per heavy atom. The van der Waals surface area contributed by atoms with Crippen molar-refractivity contribution >= 4 is 18.3 Å². The predicted molar refractivity (Wildman–Crippen MR) is 120 cm³/mol. The highest BCUT2D eigenvalue weighted by Crippen LogP contribution is 2.20. The predicted octanol–water partition coefficient (Wildman–Crippen LogP) is 4.60. The molecule has 0 fully saturated rings. The summed E-state index contributed by atoms with van der Waals surface area (Å²) in [6, 6.07) is 13.9. The van der Waals surface area contributed by atoms with Crippen LogP contribution in [0.3, 0.4) is 0 Å². The fraction of sp³-hybridized carbons (Fsp3) is 0.304. The average Bonchev–Trinajstić information content (AvgIpc) is 3.00. The Balaban J connectivity index is 0.00000320. The number of benzene rings is 2. The molecule has 1 heterocycles. The number of aryl methyl sites for hydroxylation is 1. The van der Waals surface area contributed by atoms with Crippen LogP contribution in [0.2, 0.25) is 0 Å². The van der Waals surface area contributed by atoms with Gasteiger partial charge in [-0.05, 0) is 55.2 Å². The van der Waals surface area contributed by atoms with E-state index in [1.54, 1.807) is 23.7 Å². The highest BCUT2D eigenvalue weighted by molar-refractivity contribution is 5.96. The Kier molecular flexibility index (Phi) is 7.76. The van der Waals surface area contributed by atoms with Crippen molar-refractivity contribution in [3.8, 4) is 5.69 Å². The molecule has 0 saturated heterocycles. The van der Waals surface area contributed by atoms with Crippen LogP contribution in [0.4, 0.5) is 4.39 Å².